The lowest BCUT2D eigenvalue weighted by Crippen LogP contribution is -1.88. The first-order valence-electron chi connectivity index (χ1n) is 6.52. The van der Waals surface area contributed by atoms with Crippen molar-refractivity contribution < 1.29 is 13.9 Å². The van der Waals surface area contributed by atoms with E-state index in [1.54, 1.807) is 6.08 Å². The molecule has 0 saturated heterocycles. The van der Waals surface area contributed by atoms with E-state index in [1.807, 2.05) is 56.3 Å². The Balaban J connectivity index is 0. The van der Waals surface area contributed by atoms with Gasteiger partial charge in [0.15, 0.2) is 0 Å². The standard InChI is InChI=1S/C10H10N2.C7H8BrN.F2.FH/c1-8-7-9(3-2-6-11)4-5-10(8)12;1-5-4-6(8)2-3-7(5)9;1-2;/h2-5,7H,12H2,1H3;2-4H,9H2,1H3;;1H/b3-2+;;;. The third-order valence-corrected chi connectivity index (χ3v) is 3.37. The minimum absolute atomic E-state index is 0. The number of nitrogens with zero attached hydrogens (tertiary/aromatic N) is 1. The van der Waals surface area contributed by atoms with Crippen molar-refractivity contribution in [2.75, 3.05) is 11.5 Å². The van der Waals surface area contributed by atoms with E-state index < -0.39 is 0 Å². The lowest BCUT2D eigenvalue weighted by molar-refractivity contribution is 0.108. The predicted octanol–water partition coefficient (Wildman–Crippen LogP) is 5.45. The maximum Gasteiger partial charge on any atom is 0.0912 e. The summed E-state index contributed by atoms with van der Waals surface area (Å²) in [5.41, 5.74) is 16.0. The molecule has 0 spiro atoms. The molecule has 2 aromatic rings. The van der Waals surface area contributed by atoms with Crippen molar-refractivity contribution in [1.82, 2.24) is 0 Å². The van der Waals surface area contributed by atoms with E-state index in [9.17, 15) is 0 Å². The van der Waals surface area contributed by atoms with Crippen molar-refractivity contribution in [1.29, 1.82) is 5.26 Å². The van der Waals surface area contributed by atoms with Crippen molar-refractivity contribution in [3.63, 3.8) is 0 Å². The fourth-order valence-electron chi connectivity index (χ4n) is 1.58. The summed E-state index contributed by atoms with van der Waals surface area (Å²) >= 11 is 3.34. The number of aryl methyl sites for hydroxylation is 2. The maximum absolute atomic E-state index is 8.29. The first-order chi connectivity index (χ1) is 10.9. The highest BCUT2D eigenvalue weighted by Gasteiger charge is 1.92. The largest absolute Gasteiger partial charge is 0.399 e. The third-order valence-electron chi connectivity index (χ3n) is 2.88. The van der Waals surface area contributed by atoms with Crippen LogP contribution in [0.2, 0.25) is 0 Å². The Morgan fingerprint density at radius 3 is 1.92 bits per heavy atom. The van der Waals surface area contributed by atoms with Crippen LogP contribution in [0.25, 0.3) is 6.08 Å². The number of nitrogen functional groups attached to an aromatic ring is 2. The second-order valence-electron chi connectivity index (χ2n) is 4.58. The van der Waals surface area contributed by atoms with Crippen LogP contribution >= 0.6 is 15.9 Å². The van der Waals surface area contributed by atoms with E-state index in [-0.39, 0.29) is 4.70 Å². The summed E-state index contributed by atoms with van der Waals surface area (Å²) in [4.78, 5) is 0. The Labute approximate surface area is 147 Å². The van der Waals surface area contributed by atoms with Gasteiger partial charge in [-0.1, -0.05) is 22.0 Å². The lowest BCUT2D eigenvalue weighted by atomic mass is 10.1. The Bertz CT molecular complexity index is 698. The normalized spacial score (nSPS) is 8.83. The van der Waals surface area contributed by atoms with E-state index in [0.717, 1.165) is 32.5 Å². The number of nitrogens with two attached hydrogens (primary N) is 2. The van der Waals surface area contributed by atoms with E-state index in [4.69, 9.17) is 25.9 Å². The highest BCUT2D eigenvalue weighted by Crippen LogP contribution is 2.16. The van der Waals surface area contributed by atoms with E-state index in [2.05, 4.69) is 15.9 Å². The zero-order valence-corrected chi connectivity index (χ0v) is 14.8. The van der Waals surface area contributed by atoms with Gasteiger partial charge in [-0.25, -0.2) is 0 Å². The van der Waals surface area contributed by atoms with Gasteiger partial charge in [0.05, 0.1) is 6.07 Å². The van der Waals surface area contributed by atoms with Crippen molar-refractivity contribution in [2.24, 2.45) is 0 Å². The van der Waals surface area contributed by atoms with Crippen LogP contribution in [0, 0.1) is 25.2 Å². The van der Waals surface area contributed by atoms with Crippen LogP contribution in [0.4, 0.5) is 25.2 Å². The predicted molar refractivity (Wildman–Crippen MR) is 98.2 cm³/mol. The van der Waals surface area contributed by atoms with Crippen molar-refractivity contribution in [2.45, 2.75) is 13.8 Å². The Hall–Kier alpha value is -2.46. The van der Waals surface area contributed by atoms with Crippen molar-refractivity contribution in [3.05, 3.63) is 63.6 Å². The molecule has 0 aliphatic heterocycles. The lowest BCUT2D eigenvalue weighted by Gasteiger charge is -1.99. The molecule has 130 valence electrons. The van der Waals surface area contributed by atoms with Crippen molar-refractivity contribution in [3.8, 4) is 6.07 Å². The number of rotatable bonds is 1. The van der Waals surface area contributed by atoms with E-state index >= 15 is 0 Å². The van der Waals surface area contributed by atoms with Gasteiger partial charge in [-0.05, 0) is 66.9 Å². The number of benzene rings is 2. The van der Waals surface area contributed by atoms with Crippen LogP contribution < -0.4 is 11.5 Å². The van der Waals surface area contributed by atoms with E-state index in [0.29, 0.717) is 0 Å². The summed E-state index contributed by atoms with van der Waals surface area (Å²) in [5, 5.41) is 8.29. The molecular formula is C17H19BrF3N3. The Morgan fingerprint density at radius 2 is 1.50 bits per heavy atom. The molecule has 24 heavy (non-hydrogen) atoms. The summed E-state index contributed by atoms with van der Waals surface area (Å²) in [6.45, 7) is 3.93. The van der Waals surface area contributed by atoms with Crippen LogP contribution in [-0.2, 0) is 0 Å². The highest BCUT2D eigenvalue weighted by atomic mass is 79.9. The van der Waals surface area contributed by atoms with Crippen LogP contribution in [0.5, 0.6) is 0 Å². The second kappa shape index (κ2) is 13.0. The first-order valence-corrected chi connectivity index (χ1v) is 7.31. The number of allylic oxidation sites excluding steroid dienone is 1. The van der Waals surface area contributed by atoms with Gasteiger partial charge in [-0.2, -0.15) is 5.26 Å². The molecule has 0 aliphatic rings. The first kappa shape index (κ1) is 23.8. The monoisotopic (exact) mass is 401 g/mol. The molecule has 3 nitrogen and oxygen atoms in total. The molecule has 0 aromatic heterocycles. The minimum Gasteiger partial charge on any atom is -0.399 e. The van der Waals surface area contributed by atoms with Gasteiger partial charge in [0.25, 0.3) is 0 Å². The molecule has 4 N–H and O–H groups in total. The van der Waals surface area contributed by atoms with Crippen LogP contribution in [0.1, 0.15) is 16.7 Å². The molecule has 2 aromatic carbocycles. The molecule has 7 heteroatoms. The molecule has 0 bridgehead atoms. The average Bonchev–Trinajstić information content (AvgIpc) is 2.55. The zero-order valence-electron chi connectivity index (χ0n) is 13.3. The molecule has 0 fully saturated rings. The quantitative estimate of drug-likeness (QED) is 0.492. The maximum atomic E-state index is 8.29. The molecule has 0 amide bonds. The van der Waals surface area contributed by atoms with E-state index in [1.165, 1.54) is 6.08 Å². The molecule has 0 atom stereocenters. The topological polar surface area (TPSA) is 75.8 Å². The summed E-state index contributed by atoms with van der Waals surface area (Å²) in [6.07, 6.45) is 3.21. The van der Waals surface area contributed by atoms with Gasteiger partial charge in [-0.3, -0.25) is 4.70 Å². The smallest absolute Gasteiger partial charge is 0.0912 e. The fraction of sp³-hybridized carbons (Fsp3) is 0.118. The van der Waals surface area contributed by atoms with Gasteiger partial charge in [0, 0.05) is 31.1 Å². The number of anilines is 2. The van der Waals surface area contributed by atoms with Gasteiger partial charge >= 0.3 is 0 Å². The summed E-state index contributed by atoms with van der Waals surface area (Å²) in [6, 6.07) is 13.4. The van der Waals surface area contributed by atoms with Gasteiger partial charge < -0.3 is 11.5 Å². The summed E-state index contributed by atoms with van der Waals surface area (Å²) < 4.78 is 17.1. The zero-order chi connectivity index (χ0) is 17.8. The highest BCUT2D eigenvalue weighted by molar-refractivity contribution is 9.10. The summed E-state index contributed by atoms with van der Waals surface area (Å²) in [7, 11) is 0. The number of halogens is 4. The molecule has 0 heterocycles. The SMILES string of the molecule is Cc1cc(/C=C/C#N)ccc1N.Cc1cc(Br)ccc1N.F.FF. The molecule has 0 aliphatic carbocycles. The number of hydrogen-bond acceptors (Lipinski definition) is 3. The van der Waals surface area contributed by atoms with Crippen LogP contribution in [0.15, 0.2) is 46.9 Å². The molecule has 0 saturated carbocycles. The molecular weight excluding hydrogens is 383 g/mol. The molecule has 2 rings (SSSR count). The second-order valence-corrected chi connectivity index (χ2v) is 5.50. The Morgan fingerprint density at radius 1 is 1.00 bits per heavy atom. The van der Waals surface area contributed by atoms with Gasteiger partial charge in [0.2, 0.25) is 0 Å². The van der Waals surface area contributed by atoms with Gasteiger partial charge in [0.1, 0.15) is 0 Å². The van der Waals surface area contributed by atoms with Crippen molar-refractivity contribution >= 4 is 33.4 Å². The summed E-state index contributed by atoms with van der Waals surface area (Å²) in [5.74, 6) is 0. The number of nitriles is 1. The number of hydrogen-bond donors (Lipinski definition) is 2. The van der Waals surface area contributed by atoms with Crippen LogP contribution in [0.3, 0.4) is 0 Å². The molecule has 0 unspecified atom stereocenters. The average molecular weight is 402 g/mol. The third kappa shape index (κ3) is 8.86. The van der Waals surface area contributed by atoms with Gasteiger partial charge in [-0.15, -0.1) is 0 Å². The fourth-order valence-corrected chi connectivity index (χ4v) is 2.05. The molecule has 0 radical (unpaired) electrons. The Kier molecular flexibility index (Phi) is 12.9. The van der Waals surface area contributed by atoms with Crippen LogP contribution in [-0.4, -0.2) is 0 Å². The minimum atomic E-state index is 0.